The Bertz CT molecular complexity index is 133. The van der Waals surface area contributed by atoms with Gasteiger partial charge in [0.05, 0.1) is 6.26 Å². The van der Waals surface area contributed by atoms with Crippen LogP contribution in [0.5, 0.6) is 0 Å². The van der Waals surface area contributed by atoms with Crippen LogP contribution in [-0.2, 0) is 9.53 Å². The van der Waals surface area contributed by atoms with Crippen LogP contribution in [0.25, 0.3) is 0 Å². The summed E-state index contributed by atoms with van der Waals surface area (Å²) in [5, 5.41) is 8.40. The van der Waals surface area contributed by atoms with Crippen molar-refractivity contribution in [1.82, 2.24) is 0 Å². The minimum absolute atomic E-state index is 0.0972. The monoisotopic (exact) mass is 174 g/mol. The molecule has 0 unspecified atom stereocenters. The number of ether oxygens (including phenoxy) is 1. The Balaban J connectivity index is 0. The Kier molecular flexibility index (Phi) is 7.85. The summed E-state index contributed by atoms with van der Waals surface area (Å²) >= 11 is 0. The fourth-order valence-electron chi connectivity index (χ4n) is 0.117. The Morgan fingerprint density at radius 3 is 1.92 bits per heavy atom. The maximum absolute atomic E-state index is 9.75. The van der Waals surface area contributed by atoms with Crippen molar-refractivity contribution in [3.05, 3.63) is 12.8 Å². The zero-order chi connectivity index (χ0) is 10.2. The van der Waals surface area contributed by atoms with Gasteiger partial charge in [-0.1, -0.05) is 27.4 Å². The molecule has 0 aromatic heterocycles. The highest BCUT2D eigenvalue weighted by atomic mass is 16.5. The molecule has 0 spiro atoms. The molecular formula is C9H18O3. The van der Waals surface area contributed by atoms with Crippen molar-refractivity contribution in [3.63, 3.8) is 0 Å². The SMILES string of the molecule is C=COC(C)=O.CC(C)(C)CO. The van der Waals surface area contributed by atoms with Crippen LogP contribution < -0.4 is 0 Å². The Morgan fingerprint density at radius 2 is 1.92 bits per heavy atom. The van der Waals surface area contributed by atoms with Crippen LogP contribution >= 0.6 is 0 Å². The second-order valence-corrected chi connectivity index (χ2v) is 3.49. The van der Waals surface area contributed by atoms with Crippen LogP contribution in [0.2, 0.25) is 0 Å². The van der Waals surface area contributed by atoms with Crippen molar-refractivity contribution in [2.75, 3.05) is 6.61 Å². The van der Waals surface area contributed by atoms with Gasteiger partial charge >= 0.3 is 5.97 Å². The fraction of sp³-hybridized carbons (Fsp3) is 0.667. The first-order chi connectivity index (χ1) is 5.33. The Labute approximate surface area is 74.0 Å². The summed E-state index contributed by atoms with van der Waals surface area (Å²) in [7, 11) is 0. The molecule has 3 heteroatoms. The molecule has 0 atom stereocenters. The van der Waals surface area contributed by atoms with Crippen molar-refractivity contribution in [1.29, 1.82) is 0 Å². The fourth-order valence-corrected chi connectivity index (χ4v) is 0.117. The van der Waals surface area contributed by atoms with E-state index in [9.17, 15) is 4.79 Å². The van der Waals surface area contributed by atoms with Crippen LogP contribution in [0.15, 0.2) is 12.8 Å². The smallest absolute Gasteiger partial charge is 0.307 e. The highest BCUT2D eigenvalue weighted by Gasteiger charge is 2.05. The zero-order valence-corrected chi connectivity index (χ0v) is 8.26. The minimum Gasteiger partial charge on any atom is -0.435 e. The van der Waals surface area contributed by atoms with Gasteiger partial charge in [-0.25, -0.2) is 0 Å². The molecule has 72 valence electrons. The molecule has 0 saturated heterocycles. The van der Waals surface area contributed by atoms with Gasteiger partial charge in [0.1, 0.15) is 0 Å². The van der Waals surface area contributed by atoms with Gasteiger partial charge in [0, 0.05) is 13.5 Å². The number of rotatable bonds is 1. The van der Waals surface area contributed by atoms with Crippen LogP contribution in [0, 0.1) is 5.41 Å². The summed E-state index contributed by atoms with van der Waals surface area (Å²) < 4.78 is 4.17. The highest BCUT2D eigenvalue weighted by molar-refractivity contribution is 5.66. The summed E-state index contributed by atoms with van der Waals surface area (Å²) in [4.78, 5) is 9.75. The normalized spacial score (nSPS) is 9.42. The van der Waals surface area contributed by atoms with Gasteiger partial charge in [-0.3, -0.25) is 4.79 Å². The van der Waals surface area contributed by atoms with E-state index in [1.807, 2.05) is 20.8 Å². The van der Waals surface area contributed by atoms with Crippen LogP contribution in [0.1, 0.15) is 27.7 Å². The minimum atomic E-state index is -0.329. The van der Waals surface area contributed by atoms with Gasteiger partial charge in [0.15, 0.2) is 0 Å². The van der Waals surface area contributed by atoms with E-state index in [0.29, 0.717) is 0 Å². The maximum Gasteiger partial charge on any atom is 0.307 e. The van der Waals surface area contributed by atoms with E-state index in [4.69, 9.17) is 5.11 Å². The second-order valence-electron chi connectivity index (χ2n) is 3.49. The Hall–Kier alpha value is -0.830. The van der Waals surface area contributed by atoms with E-state index in [1.165, 1.54) is 6.92 Å². The molecule has 1 N–H and O–H groups in total. The largest absolute Gasteiger partial charge is 0.435 e. The first kappa shape index (κ1) is 13.7. The summed E-state index contributed by atoms with van der Waals surface area (Å²) in [5.41, 5.74) is 0.0972. The molecule has 0 amide bonds. The van der Waals surface area contributed by atoms with Gasteiger partial charge in [0.2, 0.25) is 0 Å². The molecule has 0 aliphatic rings. The van der Waals surface area contributed by atoms with Crippen molar-refractivity contribution >= 4 is 5.97 Å². The lowest BCUT2D eigenvalue weighted by Gasteiger charge is -2.11. The van der Waals surface area contributed by atoms with Crippen LogP contribution in [-0.4, -0.2) is 17.7 Å². The molecule has 0 fully saturated rings. The van der Waals surface area contributed by atoms with E-state index in [-0.39, 0.29) is 18.0 Å². The van der Waals surface area contributed by atoms with Gasteiger partial charge in [-0.05, 0) is 5.41 Å². The summed E-state index contributed by atoms with van der Waals surface area (Å²) in [5.74, 6) is -0.329. The molecule has 12 heavy (non-hydrogen) atoms. The Morgan fingerprint density at radius 1 is 1.58 bits per heavy atom. The number of hydrogen-bond acceptors (Lipinski definition) is 3. The molecule has 0 rings (SSSR count). The van der Waals surface area contributed by atoms with Gasteiger partial charge in [-0.15, -0.1) is 0 Å². The maximum atomic E-state index is 9.75. The van der Waals surface area contributed by atoms with Crippen molar-refractivity contribution in [2.24, 2.45) is 5.41 Å². The number of hydrogen-bond donors (Lipinski definition) is 1. The van der Waals surface area contributed by atoms with Crippen molar-refractivity contribution in [2.45, 2.75) is 27.7 Å². The molecule has 0 bridgehead atoms. The van der Waals surface area contributed by atoms with E-state index in [0.717, 1.165) is 6.26 Å². The van der Waals surface area contributed by atoms with E-state index < -0.39 is 0 Å². The van der Waals surface area contributed by atoms with Crippen molar-refractivity contribution in [3.8, 4) is 0 Å². The third-order valence-corrected chi connectivity index (χ3v) is 0.724. The number of aliphatic hydroxyl groups excluding tert-OH is 1. The third-order valence-electron chi connectivity index (χ3n) is 0.724. The topological polar surface area (TPSA) is 46.5 Å². The van der Waals surface area contributed by atoms with Crippen LogP contribution in [0.4, 0.5) is 0 Å². The summed E-state index contributed by atoms with van der Waals surface area (Å²) in [6.07, 6.45) is 1.10. The molecule has 0 heterocycles. The van der Waals surface area contributed by atoms with E-state index in [2.05, 4.69) is 11.3 Å². The molecule has 0 aromatic carbocycles. The first-order valence-electron chi connectivity index (χ1n) is 3.72. The second kappa shape index (κ2) is 6.85. The molecule has 0 saturated carbocycles. The summed E-state index contributed by atoms with van der Waals surface area (Å²) in [6, 6.07) is 0. The highest BCUT2D eigenvalue weighted by Crippen LogP contribution is 2.09. The summed E-state index contributed by atoms with van der Waals surface area (Å²) in [6.45, 7) is 10.7. The number of esters is 1. The van der Waals surface area contributed by atoms with E-state index in [1.54, 1.807) is 0 Å². The number of aliphatic hydroxyl groups is 1. The van der Waals surface area contributed by atoms with E-state index >= 15 is 0 Å². The lowest BCUT2D eigenvalue weighted by Crippen LogP contribution is -2.09. The number of carbonyl (C=O) groups excluding carboxylic acids is 1. The van der Waals surface area contributed by atoms with Gasteiger partial charge in [0.25, 0.3) is 0 Å². The molecule has 0 aromatic rings. The standard InChI is InChI=1S/C5H12O.C4H6O2/c1-5(2,3)4-6;1-3-6-4(2)5/h6H,4H2,1-3H3;3H,1H2,2H3. The average molecular weight is 174 g/mol. The zero-order valence-electron chi connectivity index (χ0n) is 8.26. The van der Waals surface area contributed by atoms with Crippen molar-refractivity contribution < 1.29 is 14.6 Å². The quantitative estimate of drug-likeness (QED) is 0.486. The molecule has 0 aliphatic carbocycles. The molecular weight excluding hydrogens is 156 g/mol. The molecule has 0 aliphatic heterocycles. The predicted octanol–water partition coefficient (Wildman–Crippen LogP) is 1.72. The predicted molar refractivity (Wildman–Crippen MR) is 48.5 cm³/mol. The lowest BCUT2D eigenvalue weighted by atomic mass is 9.99. The first-order valence-corrected chi connectivity index (χ1v) is 3.72. The molecule has 0 radical (unpaired) electrons. The van der Waals surface area contributed by atoms with Crippen LogP contribution in [0.3, 0.4) is 0 Å². The molecule has 3 nitrogen and oxygen atoms in total. The third kappa shape index (κ3) is 22.9. The average Bonchev–Trinajstić information content (AvgIpc) is 1.87. The van der Waals surface area contributed by atoms with Gasteiger partial charge in [-0.2, -0.15) is 0 Å². The lowest BCUT2D eigenvalue weighted by molar-refractivity contribution is -0.135. The van der Waals surface area contributed by atoms with Gasteiger partial charge < -0.3 is 9.84 Å². The number of carbonyl (C=O) groups is 1.